The average molecular weight is 261 g/mol. The number of anilines is 1. The van der Waals surface area contributed by atoms with E-state index in [9.17, 15) is 0 Å². The molecule has 0 bridgehead atoms. The third-order valence-electron chi connectivity index (χ3n) is 2.63. The van der Waals surface area contributed by atoms with Crippen LogP contribution in [-0.4, -0.2) is 26.8 Å². The Morgan fingerprint density at radius 3 is 3.00 bits per heavy atom. The molecule has 0 aliphatic rings. The van der Waals surface area contributed by atoms with Crippen LogP contribution in [0.2, 0.25) is 0 Å². The number of ether oxygens (including phenoxy) is 1. The maximum absolute atomic E-state index is 5.47. The van der Waals surface area contributed by atoms with Crippen molar-refractivity contribution < 1.29 is 4.74 Å². The van der Waals surface area contributed by atoms with E-state index in [2.05, 4.69) is 27.8 Å². The summed E-state index contributed by atoms with van der Waals surface area (Å²) in [5, 5.41) is 14.8. The lowest BCUT2D eigenvalue weighted by Gasteiger charge is -2.08. The van der Waals surface area contributed by atoms with Crippen LogP contribution >= 0.6 is 0 Å². The van der Waals surface area contributed by atoms with Crippen LogP contribution < -0.4 is 10.1 Å². The quantitative estimate of drug-likeness (QED) is 0.826. The molecule has 102 valence electrons. The van der Waals surface area contributed by atoms with Gasteiger partial charge in [0, 0.05) is 13.1 Å². The Balaban J connectivity index is 1.97. The first kappa shape index (κ1) is 13.3. The molecule has 6 heteroatoms. The molecule has 0 atom stereocenters. The van der Waals surface area contributed by atoms with Gasteiger partial charge in [-0.1, -0.05) is 24.2 Å². The minimum Gasteiger partial charge on any atom is -0.494 e. The standard InChI is InChI=1S/C13H19N5O/c1-3-8-18-13(15-16-17-18)14-10-11-6-5-7-12(9-11)19-4-2/h5-7,9H,3-4,8,10H2,1-2H3,(H,14,15,17). The van der Waals surface area contributed by atoms with Crippen molar-refractivity contribution in [1.29, 1.82) is 0 Å². The van der Waals surface area contributed by atoms with Gasteiger partial charge >= 0.3 is 0 Å². The van der Waals surface area contributed by atoms with Crippen LogP contribution in [0.15, 0.2) is 24.3 Å². The molecule has 1 aromatic carbocycles. The summed E-state index contributed by atoms with van der Waals surface area (Å²) in [6.07, 6.45) is 1.000. The summed E-state index contributed by atoms with van der Waals surface area (Å²) in [7, 11) is 0. The normalized spacial score (nSPS) is 10.4. The van der Waals surface area contributed by atoms with Crippen LogP contribution in [0.25, 0.3) is 0 Å². The number of aromatic nitrogens is 4. The molecule has 0 aliphatic carbocycles. The maximum Gasteiger partial charge on any atom is 0.243 e. The molecule has 6 nitrogen and oxygen atoms in total. The third-order valence-corrected chi connectivity index (χ3v) is 2.63. The second kappa shape index (κ2) is 6.72. The highest BCUT2D eigenvalue weighted by Crippen LogP contribution is 2.14. The van der Waals surface area contributed by atoms with Crippen LogP contribution in [0.4, 0.5) is 5.95 Å². The Morgan fingerprint density at radius 2 is 2.21 bits per heavy atom. The molecule has 2 rings (SSSR count). The van der Waals surface area contributed by atoms with Crippen LogP contribution in [-0.2, 0) is 13.1 Å². The number of rotatable bonds is 7. The van der Waals surface area contributed by atoms with Crippen molar-refractivity contribution in [1.82, 2.24) is 20.2 Å². The summed E-state index contributed by atoms with van der Waals surface area (Å²) >= 11 is 0. The minimum atomic E-state index is 0.672. The van der Waals surface area contributed by atoms with E-state index in [0.717, 1.165) is 24.3 Å². The van der Waals surface area contributed by atoms with Crippen LogP contribution in [0.3, 0.4) is 0 Å². The lowest BCUT2D eigenvalue weighted by molar-refractivity contribution is 0.340. The molecule has 0 fully saturated rings. The number of nitrogens with zero attached hydrogens (tertiary/aromatic N) is 4. The average Bonchev–Trinajstić information content (AvgIpc) is 2.85. The molecular weight excluding hydrogens is 242 g/mol. The number of nitrogens with one attached hydrogen (secondary N) is 1. The van der Waals surface area contributed by atoms with Crippen molar-refractivity contribution in [3.63, 3.8) is 0 Å². The van der Waals surface area contributed by atoms with Gasteiger partial charge in [-0.3, -0.25) is 0 Å². The molecule has 2 aromatic rings. The monoisotopic (exact) mass is 261 g/mol. The van der Waals surface area contributed by atoms with Crippen LogP contribution in [0.5, 0.6) is 5.75 Å². The number of tetrazole rings is 1. The first-order valence-corrected chi connectivity index (χ1v) is 6.55. The third kappa shape index (κ3) is 3.67. The fraction of sp³-hybridized carbons (Fsp3) is 0.462. The summed E-state index contributed by atoms with van der Waals surface area (Å²) in [4.78, 5) is 0. The molecule has 19 heavy (non-hydrogen) atoms. The highest BCUT2D eigenvalue weighted by molar-refractivity contribution is 5.32. The van der Waals surface area contributed by atoms with Crippen molar-refractivity contribution >= 4 is 5.95 Å². The predicted molar refractivity (Wildman–Crippen MR) is 73.0 cm³/mol. The van der Waals surface area contributed by atoms with Crippen molar-refractivity contribution in [3.05, 3.63) is 29.8 Å². The summed E-state index contributed by atoms with van der Waals surface area (Å²) in [5.74, 6) is 1.58. The van der Waals surface area contributed by atoms with E-state index in [1.165, 1.54) is 0 Å². The summed E-state index contributed by atoms with van der Waals surface area (Å²) in [6.45, 7) is 6.23. The van der Waals surface area contributed by atoms with E-state index < -0.39 is 0 Å². The van der Waals surface area contributed by atoms with E-state index in [1.807, 2.05) is 31.2 Å². The largest absolute Gasteiger partial charge is 0.494 e. The molecule has 0 saturated carbocycles. The van der Waals surface area contributed by atoms with Gasteiger partial charge in [-0.15, -0.1) is 0 Å². The van der Waals surface area contributed by atoms with Gasteiger partial charge in [-0.05, 0) is 41.5 Å². The number of hydrogen-bond donors (Lipinski definition) is 1. The fourth-order valence-corrected chi connectivity index (χ4v) is 1.79. The Morgan fingerprint density at radius 1 is 1.32 bits per heavy atom. The van der Waals surface area contributed by atoms with Gasteiger partial charge in [0.2, 0.25) is 5.95 Å². The molecule has 0 radical (unpaired) electrons. The summed E-state index contributed by atoms with van der Waals surface area (Å²) in [6, 6.07) is 8.00. The Bertz CT molecular complexity index is 511. The number of benzene rings is 1. The second-order valence-corrected chi connectivity index (χ2v) is 4.16. The molecule has 0 saturated heterocycles. The zero-order valence-corrected chi connectivity index (χ0v) is 11.3. The number of hydrogen-bond acceptors (Lipinski definition) is 5. The molecular formula is C13H19N5O. The molecule has 0 unspecified atom stereocenters. The predicted octanol–water partition coefficient (Wildman–Crippen LogP) is 2.09. The zero-order chi connectivity index (χ0) is 13.5. The molecule has 1 N–H and O–H groups in total. The van der Waals surface area contributed by atoms with Crippen molar-refractivity contribution in [2.75, 3.05) is 11.9 Å². The first-order valence-electron chi connectivity index (χ1n) is 6.55. The Hall–Kier alpha value is -2.11. The highest BCUT2D eigenvalue weighted by atomic mass is 16.5. The van der Waals surface area contributed by atoms with Gasteiger partial charge in [0.05, 0.1) is 6.61 Å². The van der Waals surface area contributed by atoms with E-state index in [0.29, 0.717) is 19.1 Å². The number of aryl methyl sites for hydroxylation is 1. The molecule has 0 aliphatic heterocycles. The van der Waals surface area contributed by atoms with E-state index in [1.54, 1.807) is 4.68 Å². The van der Waals surface area contributed by atoms with Crippen molar-refractivity contribution in [3.8, 4) is 5.75 Å². The molecule has 1 aromatic heterocycles. The minimum absolute atomic E-state index is 0.672. The summed E-state index contributed by atoms with van der Waals surface area (Å²) in [5.41, 5.74) is 1.14. The lowest BCUT2D eigenvalue weighted by Crippen LogP contribution is -2.08. The van der Waals surface area contributed by atoms with E-state index in [-0.39, 0.29) is 0 Å². The fourth-order valence-electron chi connectivity index (χ4n) is 1.79. The van der Waals surface area contributed by atoms with Gasteiger partial charge in [0.1, 0.15) is 5.75 Å². The van der Waals surface area contributed by atoms with Crippen molar-refractivity contribution in [2.45, 2.75) is 33.4 Å². The van der Waals surface area contributed by atoms with Gasteiger partial charge in [0.15, 0.2) is 0 Å². The van der Waals surface area contributed by atoms with E-state index in [4.69, 9.17) is 4.74 Å². The molecule has 0 spiro atoms. The summed E-state index contributed by atoms with van der Waals surface area (Å²) < 4.78 is 7.24. The Labute approximate surface area is 112 Å². The first-order chi connectivity index (χ1) is 9.33. The van der Waals surface area contributed by atoms with Crippen LogP contribution in [0, 0.1) is 0 Å². The van der Waals surface area contributed by atoms with Crippen molar-refractivity contribution in [2.24, 2.45) is 0 Å². The van der Waals surface area contributed by atoms with Gasteiger partial charge in [0.25, 0.3) is 0 Å². The topological polar surface area (TPSA) is 64.9 Å². The SMILES string of the molecule is CCCn1nnnc1NCc1cccc(OCC)c1. The second-order valence-electron chi connectivity index (χ2n) is 4.16. The van der Waals surface area contributed by atoms with E-state index >= 15 is 0 Å². The van der Waals surface area contributed by atoms with Gasteiger partial charge in [-0.25, -0.2) is 4.68 Å². The smallest absolute Gasteiger partial charge is 0.243 e. The highest BCUT2D eigenvalue weighted by Gasteiger charge is 2.04. The van der Waals surface area contributed by atoms with Gasteiger partial charge in [-0.2, -0.15) is 0 Å². The maximum atomic E-state index is 5.47. The lowest BCUT2D eigenvalue weighted by atomic mass is 10.2. The molecule has 0 amide bonds. The van der Waals surface area contributed by atoms with Gasteiger partial charge < -0.3 is 10.1 Å². The zero-order valence-electron chi connectivity index (χ0n) is 11.3. The Kier molecular flexibility index (Phi) is 4.72. The molecule has 1 heterocycles. The van der Waals surface area contributed by atoms with Crippen LogP contribution in [0.1, 0.15) is 25.8 Å².